The molecule has 1 aliphatic heterocycles. The number of aliphatic imine (C=N–C) groups is 1. The molecule has 1 aliphatic rings. The molecule has 2 N–H and O–H groups in total. The van der Waals surface area contributed by atoms with Crippen LogP contribution in [0.1, 0.15) is 37.8 Å². The van der Waals surface area contributed by atoms with E-state index < -0.39 is 0 Å². The molecule has 0 saturated carbocycles. The number of nitrogens with zero attached hydrogens (tertiary/aromatic N) is 3. The Kier molecular flexibility index (Phi) is 9.54. The zero-order valence-corrected chi connectivity index (χ0v) is 19.2. The summed E-state index contributed by atoms with van der Waals surface area (Å²) in [6.45, 7) is 8.85. The third-order valence-corrected chi connectivity index (χ3v) is 4.98. The Morgan fingerprint density at radius 3 is 2.46 bits per heavy atom. The maximum Gasteiger partial charge on any atom is 0.191 e. The van der Waals surface area contributed by atoms with Gasteiger partial charge in [0.2, 0.25) is 0 Å². The largest absolute Gasteiger partial charge is 0.357 e. The Balaban J connectivity index is 0.00000280. The number of pyridine rings is 1. The zero-order chi connectivity index (χ0) is 18.9. The highest BCUT2D eigenvalue weighted by molar-refractivity contribution is 14.0. The van der Waals surface area contributed by atoms with Gasteiger partial charge < -0.3 is 15.5 Å². The number of rotatable bonds is 6. The van der Waals surface area contributed by atoms with Crippen molar-refractivity contribution in [3.63, 3.8) is 0 Å². The molecule has 1 aromatic carbocycles. The van der Waals surface area contributed by atoms with Crippen LogP contribution in [0.25, 0.3) is 0 Å². The lowest BCUT2D eigenvalue weighted by Crippen LogP contribution is -2.36. The fourth-order valence-electron chi connectivity index (χ4n) is 3.23. The van der Waals surface area contributed by atoms with E-state index >= 15 is 0 Å². The normalized spacial score (nSPS) is 15.1. The molecule has 0 radical (unpaired) electrons. The second kappa shape index (κ2) is 11.9. The third-order valence-electron chi connectivity index (χ3n) is 4.98. The topological polar surface area (TPSA) is 52.6 Å². The lowest BCUT2D eigenvalue weighted by atomic mass is 9.99. The Morgan fingerprint density at radius 2 is 1.82 bits per heavy atom. The second-order valence-electron chi connectivity index (χ2n) is 7.23. The average Bonchev–Trinajstić information content (AvgIpc) is 2.72. The Bertz CT molecular complexity index is 709. The lowest BCUT2D eigenvalue weighted by molar-refractivity contribution is 0.436. The first kappa shape index (κ1) is 22.5. The molecule has 0 unspecified atom stereocenters. The molecule has 28 heavy (non-hydrogen) atoms. The molecule has 0 amide bonds. The van der Waals surface area contributed by atoms with Crippen LogP contribution in [0, 0.1) is 5.92 Å². The molecule has 0 atom stereocenters. The first-order valence-electron chi connectivity index (χ1n) is 10.0. The number of aromatic nitrogens is 1. The van der Waals surface area contributed by atoms with Gasteiger partial charge in [-0.1, -0.05) is 43.3 Å². The average molecular weight is 493 g/mol. The zero-order valence-electron chi connectivity index (χ0n) is 16.9. The Labute approximate surface area is 186 Å². The van der Waals surface area contributed by atoms with E-state index in [-0.39, 0.29) is 24.0 Å². The molecule has 152 valence electrons. The van der Waals surface area contributed by atoms with Crippen LogP contribution in [-0.4, -0.2) is 30.6 Å². The van der Waals surface area contributed by atoms with Crippen LogP contribution >= 0.6 is 24.0 Å². The van der Waals surface area contributed by atoms with Gasteiger partial charge >= 0.3 is 0 Å². The second-order valence-corrected chi connectivity index (χ2v) is 7.23. The minimum absolute atomic E-state index is 0. The monoisotopic (exact) mass is 493 g/mol. The molecule has 2 heterocycles. The molecular weight excluding hydrogens is 461 g/mol. The van der Waals surface area contributed by atoms with Crippen molar-refractivity contribution >= 4 is 35.8 Å². The van der Waals surface area contributed by atoms with E-state index in [9.17, 15) is 0 Å². The van der Waals surface area contributed by atoms with Crippen LogP contribution in [0.2, 0.25) is 0 Å². The van der Waals surface area contributed by atoms with E-state index in [0.29, 0.717) is 6.54 Å². The molecule has 0 spiro atoms. The molecule has 1 aromatic heterocycles. The number of halogens is 1. The van der Waals surface area contributed by atoms with Crippen molar-refractivity contribution in [3.05, 3.63) is 59.8 Å². The van der Waals surface area contributed by atoms with Crippen molar-refractivity contribution in [2.75, 3.05) is 24.5 Å². The highest BCUT2D eigenvalue weighted by atomic mass is 127. The van der Waals surface area contributed by atoms with Crippen molar-refractivity contribution in [1.29, 1.82) is 0 Å². The molecule has 1 saturated heterocycles. The van der Waals surface area contributed by atoms with Crippen LogP contribution in [0.4, 0.5) is 5.82 Å². The van der Waals surface area contributed by atoms with Crippen LogP contribution < -0.4 is 15.5 Å². The van der Waals surface area contributed by atoms with Gasteiger partial charge in [0, 0.05) is 32.4 Å². The molecule has 0 aliphatic carbocycles. The summed E-state index contributed by atoms with van der Waals surface area (Å²) in [7, 11) is 0. The highest BCUT2D eigenvalue weighted by Crippen LogP contribution is 2.21. The van der Waals surface area contributed by atoms with Crippen molar-refractivity contribution in [3.8, 4) is 0 Å². The molecule has 5 nitrogen and oxygen atoms in total. The van der Waals surface area contributed by atoms with Gasteiger partial charge in [0.1, 0.15) is 5.82 Å². The van der Waals surface area contributed by atoms with E-state index in [1.54, 1.807) is 0 Å². The summed E-state index contributed by atoms with van der Waals surface area (Å²) in [5.74, 6) is 2.75. The first-order chi connectivity index (χ1) is 13.2. The number of hydrogen-bond donors (Lipinski definition) is 2. The fraction of sp³-hybridized carbons (Fsp3) is 0.455. The molecule has 6 heteroatoms. The molecule has 2 aromatic rings. The maximum absolute atomic E-state index is 4.69. The summed E-state index contributed by atoms with van der Waals surface area (Å²) >= 11 is 0. The van der Waals surface area contributed by atoms with Crippen molar-refractivity contribution < 1.29 is 0 Å². The third kappa shape index (κ3) is 6.96. The number of nitrogens with one attached hydrogen (secondary N) is 2. The summed E-state index contributed by atoms with van der Waals surface area (Å²) in [6.07, 6.45) is 4.47. The molecule has 0 bridgehead atoms. The Morgan fingerprint density at radius 1 is 1.07 bits per heavy atom. The summed E-state index contributed by atoms with van der Waals surface area (Å²) in [5, 5.41) is 6.69. The standard InChI is InChI=1S/C22H31N5.HI/c1-3-23-22(25-15-19-7-5-4-6-8-19)26-17-20-9-10-21(24-16-20)27-13-11-18(2)12-14-27;/h4-10,16,18H,3,11-15,17H2,1-2H3,(H2,23,25,26);1H. The molecule has 1 fully saturated rings. The number of piperidine rings is 1. The Hall–Kier alpha value is -1.83. The van der Waals surface area contributed by atoms with Gasteiger partial charge in [-0.3, -0.25) is 0 Å². The lowest BCUT2D eigenvalue weighted by Gasteiger charge is -2.31. The van der Waals surface area contributed by atoms with Crippen LogP contribution in [0.5, 0.6) is 0 Å². The smallest absolute Gasteiger partial charge is 0.191 e. The SMILES string of the molecule is CCNC(=NCc1ccc(N2CCC(C)CC2)nc1)NCc1ccccc1.I. The van der Waals surface area contributed by atoms with E-state index in [1.807, 2.05) is 12.3 Å². The minimum Gasteiger partial charge on any atom is -0.357 e. The number of anilines is 1. The fourth-order valence-corrected chi connectivity index (χ4v) is 3.23. The van der Waals surface area contributed by atoms with Crippen molar-refractivity contribution in [2.45, 2.75) is 39.8 Å². The van der Waals surface area contributed by atoms with Gasteiger partial charge in [-0.05, 0) is 42.9 Å². The van der Waals surface area contributed by atoms with E-state index in [2.05, 4.69) is 70.8 Å². The van der Waals surface area contributed by atoms with Crippen LogP contribution in [-0.2, 0) is 13.1 Å². The maximum atomic E-state index is 4.69. The number of guanidine groups is 1. The molecular formula is C22H32IN5. The number of hydrogen-bond acceptors (Lipinski definition) is 3. The van der Waals surface area contributed by atoms with Gasteiger partial charge in [-0.15, -0.1) is 24.0 Å². The van der Waals surface area contributed by atoms with Crippen LogP contribution in [0.3, 0.4) is 0 Å². The van der Waals surface area contributed by atoms with Gasteiger partial charge in [0.25, 0.3) is 0 Å². The van der Waals surface area contributed by atoms with E-state index in [1.165, 1.54) is 18.4 Å². The molecule has 3 rings (SSSR count). The van der Waals surface area contributed by atoms with Crippen molar-refractivity contribution in [2.24, 2.45) is 10.9 Å². The van der Waals surface area contributed by atoms with E-state index in [4.69, 9.17) is 4.99 Å². The highest BCUT2D eigenvalue weighted by Gasteiger charge is 2.16. The van der Waals surface area contributed by atoms with Gasteiger partial charge in [-0.25, -0.2) is 9.98 Å². The van der Waals surface area contributed by atoms with Crippen molar-refractivity contribution in [1.82, 2.24) is 15.6 Å². The predicted molar refractivity (Wildman–Crippen MR) is 128 cm³/mol. The predicted octanol–water partition coefficient (Wildman–Crippen LogP) is 4.19. The minimum atomic E-state index is 0. The number of benzene rings is 1. The van der Waals surface area contributed by atoms with Gasteiger partial charge in [0.05, 0.1) is 6.54 Å². The summed E-state index contributed by atoms with van der Waals surface area (Å²) < 4.78 is 0. The quantitative estimate of drug-likeness (QED) is 0.360. The van der Waals surface area contributed by atoms with E-state index in [0.717, 1.165) is 49.4 Å². The van der Waals surface area contributed by atoms with Gasteiger partial charge in [0.15, 0.2) is 5.96 Å². The van der Waals surface area contributed by atoms with Crippen LogP contribution in [0.15, 0.2) is 53.7 Å². The summed E-state index contributed by atoms with van der Waals surface area (Å²) in [6, 6.07) is 14.6. The summed E-state index contributed by atoms with van der Waals surface area (Å²) in [4.78, 5) is 11.7. The first-order valence-corrected chi connectivity index (χ1v) is 10.0. The summed E-state index contributed by atoms with van der Waals surface area (Å²) in [5.41, 5.74) is 2.37. The van der Waals surface area contributed by atoms with Gasteiger partial charge in [-0.2, -0.15) is 0 Å².